The van der Waals surface area contributed by atoms with Crippen LogP contribution in [0, 0.1) is 0 Å². The first kappa shape index (κ1) is 9.11. The van der Waals surface area contributed by atoms with Gasteiger partial charge in [-0.25, -0.2) is 9.78 Å². The van der Waals surface area contributed by atoms with Gasteiger partial charge in [0, 0.05) is 0 Å². The third-order valence-electron chi connectivity index (χ3n) is 1.51. The molecule has 0 atom stereocenters. The number of nitrogen functional groups attached to an aromatic ring is 3. The van der Waals surface area contributed by atoms with Crippen LogP contribution in [0.4, 0.5) is 17.2 Å². The minimum Gasteiger partial charge on any atom is -0.464 e. The van der Waals surface area contributed by atoms with Gasteiger partial charge in [-0.05, 0) is 6.07 Å². The average molecular weight is 182 g/mol. The van der Waals surface area contributed by atoms with E-state index in [1.165, 1.54) is 13.2 Å². The molecule has 1 heterocycles. The highest BCUT2D eigenvalue weighted by molar-refractivity contribution is 5.91. The lowest BCUT2D eigenvalue weighted by molar-refractivity contribution is 0.0594. The number of pyridine rings is 1. The van der Waals surface area contributed by atoms with Gasteiger partial charge in [0.1, 0.15) is 5.82 Å². The van der Waals surface area contributed by atoms with Gasteiger partial charge in [-0.15, -0.1) is 0 Å². The largest absolute Gasteiger partial charge is 0.464 e. The summed E-state index contributed by atoms with van der Waals surface area (Å²) in [6.45, 7) is 0. The van der Waals surface area contributed by atoms with Gasteiger partial charge in [-0.2, -0.15) is 0 Å². The van der Waals surface area contributed by atoms with E-state index in [0.29, 0.717) is 0 Å². The van der Waals surface area contributed by atoms with Crippen molar-refractivity contribution in [3.05, 3.63) is 11.8 Å². The predicted octanol–water partition coefficient (Wildman–Crippen LogP) is -0.385. The van der Waals surface area contributed by atoms with Crippen LogP contribution in [0.5, 0.6) is 0 Å². The highest BCUT2D eigenvalue weighted by atomic mass is 16.5. The summed E-state index contributed by atoms with van der Waals surface area (Å²) in [5, 5.41) is 0. The zero-order chi connectivity index (χ0) is 10.0. The maximum atomic E-state index is 11.0. The molecule has 0 amide bonds. The Bertz CT molecular complexity index is 327. The molecule has 0 radical (unpaired) electrons. The maximum Gasteiger partial charge on any atom is 0.356 e. The summed E-state index contributed by atoms with van der Waals surface area (Å²) in [6.07, 6.45) is 0. The fourth-order valence-electron chi connectivity index (χ4n) is 0.804. The molecule has 6 nitrogen and oxygen atoms in total. The van der Waals surface area contributed by atoms with Crippen molar-refractivity contribution in [1.82, 2.24) is 4.98 Å². The van der Waals surface area contributed by atoms with Gasteiger partial charge in [0.15, 0.2) is 5.69 Å². The first-order valence-corrected chi connectivity index (χ1v) is 3.46. The van der Waals surface area contributed by atoms with E-state index in [1.54, 1.807) is 0 Å². The summed E-state index contributed by atoms with van der Waals surface area (Å²) in [7, 11) is 1.24. The lowest BCUT2D eigenvalue weighted by Crippen LogP contribution is -2.10. The first-order valence-electron chi connectivity index (χ1n) is 3.46. The Morgan fingerprint density at radius 2 is 2.08 bits per heavy atom. The fraction of sp³-hybridized carbons (Fsp3) is 0.143. The second-order valence-electron chi connectivity index (χ2n) is 2.39. The van der Waals surface area contributed by atoms with Gasteiger partial charge in [0.2, 0.25) is 0 Å². The number of anilines is 3. The minimum atomic E-state index is -0.599. The molecule has 1 aromatic heterocycles. The number of hydrogen-bond donors (Lipinski definition) is 3. The van der Waals surface area contributed by atoms with E-state index in [-0.39, 0.29) is 22.9 Å². The number of hydrogen-bond acceptors (Lipinski definition) is 6. The average Bonchev–Trinajstić information content (AvgIpc) is 2.12. The van der Waals surface area contributed by atoms with Crippen LogP contribution in [-0.4, -0.2) is 18.1 Å². The maximum absolute atomic E-state index is 11.0. The van der Waals surface area contributed by atoms with Crippen molar-refractivity contribution < 1.29 is 9.53 Å². The number of aromatic nitrogens is 1. The number of nitrogens with two attached hydrogens (primary N) is 3. The summed E-state index contributed by atoms with van der Waals surface area (Å²) in [5.41, 5.74) is 16.7. The van der Waals surface area contributed by atoms with Crippen molar-refractivity contribution in [2.24, 2.45) is 0 Å². The Kier molecular flexibility index (Phi) is 2.23. The molecule has 13 heavy (non-hydrogen) atoms. The summed E-state index contributed by atoms with van der Waals surface area (Å²) in [4.78, 5) is 14.7. The van der Waals surface area contributed by atoms with Crippen LogP contribution in [0.15, 0.2) is 6.07 Å². The molecule has 6 N–H and O–H groups in total. The molecule has 1 aromatic rings. The quantitative estimate of drug-likeness (QED) is 0.509. The van der Waals surface area contributed by atoms with Crippen molar-refractivity contribution >= 4 is 23.2 Å². The molecule has 0 aliphatic heterocycles. The number of carbonyl (C=O) groups is 1. The number of ether oxygens (including phenoxy) is 1. The van der Waals surface area contributed by atoms with E-state index >= 15 is 0 Å². The molecule has 0 saturated heterocycles. The molecule has 0 saturated carbocycles. The molecular formula is C7H10N4O2. The molecule has 0 aliphatic rings. The smallest absolute Gasteiger partial charge is 0.356 e. The van der Waals surface area contributed by atoms with Crippen molar-refractivity contribution in [2.45, 2.75) is 0 Å². The van der Waals surface area contributed by atoms with Crippen LogP contribution in [0.3, 0.4) is 0 Å². The molecule has 0 unspecified atom stereocenters. The van der Waals surface area contributed by atoms with E-state index < -0.39 is 5.97 Å². The van der Waals surface area contributed by atoms with Crippen LogP contribution in [0.2, 0.25) is 0 Å². The zero-order valence-electron chi connectivity index (χ0n) is 7.07. The van der Waals surface area contributed by atoms with Crippen molar-refractivity contribution in [3.8, 4) is 0 Å². The summed E-state index contributed by atoms with van der Waals surface area (Å²) >= 11 is 0. The minimum absolute atomic E-state index is 0.0281. The van der Waals surface area contributed by atoms with Crippen molar-refractivity contribution in [1.29, 1.82) is 0 Å². The summed E-state index contributed by atoms with van der Waals surface area (Å²) < 4.78 is 4.43. The van der Waals surface area contributed by atoms with E-state index in [2.05, 4.69) is 9.72 Å². The van der Waals surface area contributed by atoms with E-state index in [4.69, 9.17) is 17.2 Å². The standard InChI is InChI=1S/C7H10N4O2/c1-13-7(12)4-2-3(8)5(9)6(10)11-4/h2H,9H2,1H3,(H4,8,10,11). The molecule has 6 heteroatoms. The van der Waals surface area contributed by atoms with Crippen LogP contribution in [0.25, 0.3) is 0 Å². The fourth-order valence-corrected chi connectivity index (χ4v) is 0.804. The number of rotatable bonds is 1. The van der Waals surface area contributed by atoms with Crippen molar-refractivity contribution in [3.63, 3.8) is 0 Å². The topological polar surface area (TPSA) is 117 Å². The Balaban J connectivity index is 3.20. The second kappa shape index (κ2) is 3.18. The van der Waals surface area contributed by atoms with E-state index in [0.717, 1.165) is 0 Å². The Morgan fingerprint density at radius 1 is 1.46 bits per heavy atom. The Labute approximate surface area is 74.7 Å². The second-order valence-corrected chi connectivity index (χ2v) is 2.39. The number of methoxy groups -OCH3 is 1. The van der Waals surface area contributed by atoms with Gasteiger partial charge >= 0.3 is 5.97 Å². The lowest BCUT2D eigenvalue weighted by atomic mass is 10.3. The normalized spacial score (nSPS) is 9.62. The van der Waals surface area contributed by atoms with Gasteiger partial charge in [0.05, 0.1) is 18.5 Å². The third kappa shape index (κ3) is 1.61. The first-order chi connectivity index (χ1) is 6.06. The molecule has 1 rings (SSSR count). The lowest BCUT2D eigenvalue weighted by Gasteiger charge is -2.05. The molecule has 70 valence electrons. The van der Waals surface area contributed by atoms with E-state index in [9.17, 15) is 4.79 Å². The van der Waals surface area contributed by atoms with Crippen molar-refractivity contribution in [2.75, 3.05) is 24.3 Å². The predicted molar refractivity (Wildman–Crippen MR) is 48.8 cm³/mol. The molecule has 0 aliphatic carbocycles. The monoisotopic (exact) mass is 182 g/mol. The molecule has 0 fully saturated rings. The number of esters is 1. The van der Waals surface area contributed by atoms with Gasteiger partial charge in [-0.3, -0.25) is 0 Å². The SMILES string of the molecule is COC(=O)c1cc(N)c(N)c(N)n1. The summed E-state index contributed by atoms with van der Waals surface area (Å²) in [5.74, 6) is -0.571. The molecule has 0 spiro atoms. The molecule has 0 bridgehead atoms. The van der Waals surface area contributed by atoms with Gasteiger partial charge in [0.25, 0.3) is 0 Å². The summed E-state index contributed by atoms with van der Waals surface area (Å²) in [6, 6.07) is 1.32. The molecule has 0 aromatic carbocycles. The van der Waals surface area contributed by atoms with Crippen LogP contribution in [0.1, 0.15) is 10.5 Å². The van der Waals surface area contributed by atoms with Crippen LogP contribution < -0.4 is 17.2 Å². The van der Waals surface area contributed by atoms with E-state index in [1.807, 2.05) is 0 Å². The number of carbonyl (C=O) groups excluding carboxylic acids is 1. The third-order valence-corrected chi connectivity index (χ3v) is 1.51. The highest BCUT2D eigenvalue weighted by Crippen LogP contribution is 2.21. The number of nitrogens with zero attached hydrogens (tertiary/aromatic N) is 1. The van der Waals surface area contributed by atoms with Gasteiger partial charge in [-0.1, -0.05) is 0 Å². The van der Waals surface area contributed by atoms with Crippen LogP contribution in [-0.2, 0) is 4.74 Å². The Hall–Kier alpha value is -1.98. The highest BCUT2D eigenvalue weighted by Gasteiger charge is 2.11. The zero-order valence-corrected chi connectivity index (χ0v) is 7.07. The Morgan fingerprint density at radius 3 is 2.54 bits per heavy atom. The molecular weight excluding hydrogens is 172 g/mol. The van der Waals surface area contributed by atoms with Gasteiger partial charge < -0.3 is 21.9 Å². The van der Waals surface area contributed by atoms with Crippen LogP contribution >= 0.6 is 0 Å².